The maximum absolute atomic E-state index is 12.1. The van der Waals surface area contributed by atoms with Crippen LogP contribution in [0.1, 0.15) is 11.1 Å². The van der Waals surface area contributed by atoms with Crippen molar-refractivity contribution < 1.29 is 28.2 Å². The molecule has 0 saturated carbocycles. The molecule has 152 valence electrons. The molecule has 10 heteroatoms. The molecular formula is C18H23N3O6S. The summed E-state index contributed by atoms with van der Waals surface area (Å²) in [5.74, 6) is -2.30. The maximum atomic E-state index is 12.1. The summed E-state index contributed by atoms with van der Waals surface area (Å²) in [7, 11) is -2.16. The van der Waals surface area contributed by atoms with Crippen molar-refractivity contribution in [3.63, 3.8) is 0 Å². The predicted octanol–water partition coefficient (Wildman–Crippen LogP) is 0.487. The van der Waals surface area contributed by atoms with Gasteiger partial charge >= 0.3 is 11.9 Å². The number of pyridine rings is 1. The van der Waals surface area contributed by atoms with Crippen molar-refractivity contribution in [3.8, 4) is 0 Å². The summed E-state index contributed by atoms with van der Waals surface area (Å²) in [6.45, 7) is 0.0417. The van der Waals surface area contributed by atoms with Gasteiger partial charge in [0.2, 0.25) is 10.0 Å². The number of sulfonamides is 1. The minimum Gasteiger partial charge on any atom is -0.480 e. The fourth-order valence-electron chi connectivity index (χ4n) is 2.14. The molecule has 2 aromatic rings. The first kappa shape index (κ1) is 23.2. The number of aliphatic carboxylic acids is 2. The Bertz CT molecular complexity index is 844. The van der Waals surface area contributed by atoms with Gasteiger partial charge in [-0.05, 0) is 24.2 Å². The van der Waals surface area contributed by atoms with E-state index in [1.165, 1.54) is 6.20 Å². The normalized spacial score (nSPS) is 11.8. The first-order valence-electron chi connectivity index (χ1n) is 8.25. The average molecular weight is 409 g/mol. The van der Waals surface area contributed by atoms with Gasteiger partial charge < -0.3 is 15.5 Å². The highest BCUT2D eigenvalue weighted by molar-refractivity contribution is 7.88. The quantitative estimate of drug-likeness (QED) is 0.468. The lowest BCUT2D eigenvalue weighted by molar-refractivity contribution is -0.139. The smallest absolute Gasteiger partial charge is 0.322 e. The number of carboxylic acid groups (broad SMARTS) is 2. The van der Waals surface area contributed by atoms with Crippen molar-refractivity contribution in [1.82, 2.24) is 15.0 Å². The molecule has 0 aliphatic carbocycles. The molecule has 0 aliphatic rings. The van der Waals surface area contributed by atoms with E-state index in [9.17, 15) is 23.1 Å². The van der Waals surface area contributed by atoms with E-state index in [0.717, 1.165) is 0 Å². The van der Waals surface area contributed by atoms with Gasteiger partial charge in [0, 0.05) is 18.8 Å². The molecule has 4 N–H and O–H groups in total. The molecule has 0 amide bonds. The van der Waals surface area contributed by atoms with Crippen molar-refractivity contribution in [1.29, 1.82) is 0 Å². The van der Waals surface area contributed by atoms with E-state index in [1.807, 2.05) is 0 Å². The second kappa shape index (κ2) is 11.8. The Morgan fingerprint density at radius 2 is 1.71 bits per heavy atom. The highest BCUT2D eigenvalue weighted by Crippen LogP contribution is 2.07. The highest BCUT2D eigenvalue weighted by Gasteiger charge is 2.24. The van der Waals surface area contributed by atoms with E-state index < -0.39 is 28.0 Å². The molecule has 28 heavy (non-hydrogen) atoms. The zero-order valence-corrected chi connectivity index (χ0v) is 16.1. The summed E-state index contributed by atoms with van der Waals surface area (Å²) >= 11 is 0. The van der Waals surface area contributed by atoms with Crippen LogP contribution in [0.2, 0.25) is 0 Å². The number of carbonyl (C=O) groups is 2. The fourth-order valence-corrected chi connectivity index (χ4v) is 3.47. The second-order valence-corrected chi connectivity index (χ2v) is 7.50. The van der Waals surface area contributed by atoms with Crippen molar-refractivity contribution in [3.05, 3.63) is 66.0 Å². The molecule has 1 unspecified atom stereocenters. The van der Waals surface area contributed by atoms with Crippen LogP contribution in [0.4, 0.5) is 0 Å². The molecule has 1 heterocycles. The molecule has 0 spiro atoms. The van der Waals surface area contributed by atoms with Crippen molar-refractivity contribution >= 4 is 22.0 Å². The van der Waals surface area contributed by atoms with Crippen molar-refractivity contribution in [2.24, 2.45) is 0 Å². The Balaban J connectivity index is 0.000000568. The Kier molecular flexibility index (Phi) is 9.79. The molecule has 0 radical (unpaired) electrons. The lowest BCUT2D eigenvalue weighted by Crippen LogP contribution is -2.42. The first-order chi connectivity index (χ1) is 13.2. The monoisotopic (exact) mass is 409 g/mol. The molecule has 9 nitrogen and oxygen atoms in total. The number of benzene rings is 1. The molecule has 0 saturated heterocycles. The Morgan fingerprint density at radius 3 is 2.18 bits per heavy atom. The minimum absolute atomic E-state index is 0.0389. The van der Waals surface area contributed by atoms with Gasteiger partial charge in [-0.15, -0.1) is 0 Å². The summed E-state index contributed by atoms with van der Waals surface area (Å²) < 4.78 is 26.5. The van der Waals surface area contributed by atoms with E-state index >= 15 is 0 Å². The van der Waals surface area contributed by atoms with Gasteiger partial charge in [-0.3, -0.25) is 14.6 Å². The number of nitrogens with one attached hydrogen (secondary N) is 2. The number of rotatable bonds is 9. The van der Waals surface area contributed by atoms with E-state index in [0.29, 0.717) is 11.1 Å². The van der Waals surface area contributed by atoms with Crippen LogP contribution < -0.4 is 10.0 Å². The van der Waals surface area contributed by atoms with Crippen LogP contribution in [-0.4, -0.2) is 55.2 Å². The Labute approximate surface area is 163 Å². The van der Waals surface area contributed by atoms with Crippen LogP contribution in [-0.2, 0) is 31.8 Å². The molecule has 2 rings (SSSR count). The van der Waals surface area contributed by atoms with Gasteiger partial charge in [0.1, 0.15) is 6.04 Å². The van der Waals surface area contributed by atoms with Crippen LogP contribution in [0.3, 0.4) is 0 Å². The van der Waals surface area contributed by atoms with E-state index in [4.69, 9.17) is 5.11 Å². The average Bonchev–Trinajstić information content (AvgIpc) is 2.62. The topological polar surface area (TPSA) is 146 Å². The zero-order chi connectivity index (χ0) is 21.0. The van der Waals surface area contributed by atoms with E-state index in [2.05, 4.69) is 15.0 Å². The summed E-state index contributed by atoms with van der Waals surface area (Å²) in [5.41, 5.74) is 1.25. The van der Waals surface area contributed by atoms with Gasteiger partial charge in [0.05, 0.1) is 12.3 Å². The molecule has 1 aromatic carbocycles. The lowest BCUT2D eigenvalue weighted by Gasteiger charge is -2.14. The van der Waals surface area contributed by atoms with Gasteiger partial charge in [-0.25, -0.2) is 13.1 Å². The van der Waals surface area contributed by atoms with Crippen molar-refractivity contribution in [2.45, 2.75) is 18.2 Å². The Morgan fingerprint density at radius 1 is 1.07 bits per heavy atom. The van der Waals surface area contributed by atoms with Gasteiger partial charge in [-0.2, -0.15) is 0 Å². The highest BCUT2D eigenvalue weighted by atomic mass is 32.2. The molecule has 0 fully saturated rings. The molecule has 1 atom stereocenters. The van der Waals surface area contributed by atoms with Crippen LogP contribution >= 0.6 is 0 Å². The summed E-state index contributed by atoms with van der Waals surface area (Å²) in [6.07, 6.45) is 3.12. The number of carboxylic acids is 2. The number of aromatic nitrogens is 1. The van der Waals surface area contributed by atoms with Crippen LogP contribution in [0.5, 0.6) is 0 Å². The molecule has 0 bridgehead atoms. The van der Waals surface area contributed by atoms with E-state index in [1.54, 1.807) is 55.7 Å². The molecule has 0 aliphatic heterocycles. The SMILES string of the molecule is CNCC(=O)O.O=C(O)C(Cc1cccnc1)NS(=O)(=O)Cc1ccccc1. The maximum Gasteiger partial charge on any atom is 0.322 e. The number of hydrogen-bond acceptors (Lipinski definition) is 6. The van der Waals surface area contributed by atoms with Gasteiger partial charge in [-0.1, -0.05) is 36.4 Å². The standard InChI is InChI=1S/C15H16N2O4S.C3H7NO2/c18-15(19)14(9-13-7-4-8-16-10-13)17-22(20,21)11-12-5-2-1-3-6-12;1-4-2-3(5)6/h1-8,10,14,17H,9,11H2,(H,18,19);4H,2H2,1H3,(H,5,6). The summed E-state index contributed by atoms with van der Waals surface area (Å²) in [5, 5.41) is 19.5. The first-order valence-corrected chi connectivity index (χ1v) is 9.90. The van der Waals surface area contributed by atoms with Crippen LogP contribution in [0.25, 0.3) is 0 Å². The Hall–Kier alpha value is -2.82. The number of nitrogens with zero attached hydrogens (tertiary/aromatic N) is 1. The van der Waals surface area contributed by atoms with Crippen molar-refractivity contribution in [2.75, 3.05) is 13.6 Å². The zero-order valence-electron chi connectivity index (χ0n) is 15.3. The van der Waals surface area contributed by atoms with Crippen LogP contribution in [0.15, 0.2) is 54.9 Å². The lowest BCUT2D eigenvalue weighted by atomic mass is 10.1. The number of likely N-dealkylation sites (N-methyl/N-ethyl adjacent to an activating group) is 1. The third kappa shape index (κ3) is 9.76. The summed E-state index contributed by atoms with van der Waals surface area (Å²) in [6, 6.07) is 10.8. The molecule has 1 aromatic heterocycles. The molecular weight excluding hydrogens is 386 g/mol. The van der Waals surface area contributed by atoms with Crippen LogP contribution in [0, 0.1) is 0 Å². The second-order valence-electron chi connectivity index (χ2n) is 5.74. The van der Waals surface area contributed by atoms with Gasteiger partial charge in [0.25, 0.3) is 0 Å². The third-order valence-electron chi connectivity index (χ3n) is 3.31. The summed E-state index contributed by atoms with van der Waals surface area (Å²) in [4.78, 5) is 24.7. The number of hydrogen-bond donors (Lipinski definition) is 4. The largest absolute Gasteiger partial charge is 0.480 e. The third-order valence-corrected chi connectivity index (χ3v) is 4.67. The van der Waals surface area contributed by atoms with Gasteiger partial charge in [0.15, 0.2) is 0 Å². The fraction of sp³-hybridized carbons (Fsp3) is 0.278. The minimum atomic E-state index is -3.75. The predicted molar refractivity (Wildman–Crippen MR) is 103 cm³/mol. The van der Waals surface area contributed by atoms with E-state index in [-0.39, 0.29) is 18.7 Å².